The van der Waals surface area contributed by atoms with Crippen LogP contribution in [0.2, 0.25) is 0 Å². The van der Waals surface area contributed by atoms with E-state index < -0.39 is 0 Å². The first-order chi connectivity index (χ1) is 7.65. The number of aromatic nitrogens is 2. The molecule has 0 bridgehead atoms. The Morgan fingerprint density at radius 2 is 2.00 bits per heavy atom. The van der Waals surface area contributed by atoms with Crippen LogP contribution in [0.5, 0.6) is 11.5 Å². The van der Waals surface area contributed by atoms with Crippen LogP contribution in [0.4, 0.5) is 10.8 Å². The Bertz CT molecular complexity index is 538. The summed E-state index contributed by atoms with van der Waals surface area (Å²) in [4.78, 5) is 4.00. The van der Waals surface area contributed by atoms with Crippen LogP contribution in [0.1, 0.15) is 5.82 Å². The second kappa shape index (κ2) is 4.23. The first-order valence-electron chi connectivity index (χ1n) is 4.39. The fourth-order valence-electron chi connectivity index (χ4n) is 1.00. The minimum absolute atomic E-state index is 0.189. The van der Waals surface area contributed by atoms with E-state index in [1.807, 2.05) is 0 Å². The lowest BCUT2D eigenvalue weighted by Crippen LogP contribution is -1.69. The molecule has 16 heavy (non-hydrogen) atoms. The van der Waals surface area contributed by atoms with E-state index in [2.05, 4.69) is 19.6 Å². The molecule has 1 heterocycles. The lowest BCUT2D eigenvalue weighted by Gasteiger charge is -1.96. The molecule has 0 aliphatic carbocycles. The number of benzene rings is 1. The van der Waals surface area contributed by atoms with Crippen LogP contribution in [0.3, 0.4) is 0 Å². The zero-order valence-corrected chi connectivity index (χ0v) is 9.14. The summed E-state index contributed by atoms with van der Waals surface area (Å²) in [5, 5.41) is 26.5. The number of aromatic hydroxyl groups is 2. The smallest absolute Gasteiger partial charge is 0.249 e. The van der Waals surface area contributed by atoms with Crippen LogP contribution < -0.4 is 0 Å². The second-order valence-corrected chi connectivity index (χ2v) is 3.73. The third-order valence-corrected chi connectivity index (χ3v) is 2.42. The largest absolute Gasteiger partial charge is 0.504 e. The molecule has 1 aromatic carbocycles. The van der Waals surface area contributed by atoms with Gasteiger partial charge in [0.15, 0.2) is 11.5 Å². The first kappa shape index (κ1) is 10.5. The third kappa shape index (κ3) is 2.31. The maximum Gasteiger partial charge on any atom is 0.249 e. The van der Waals surface area contributed by atoms with Crippen molar-refractivity contribution < 1.29 is 10.2 Å². The van der Waals surface area contributed by atoms with E-state index >= 15 is 0 Å². The minimum atomic E-state index is -0.232. The lowest BCUT2D eigenvalue weighted by atomic mass is 10.3. The van der Waals surface area contributed by atoms with Gasteiger partial charge in [-0.3, -0.25) is 0 Å². The number of hydrogen-bond donors (Lipinski definition) is 2. The van der Waals surface area contributed by atoms with Gasteiger partial charge in [0.05, 0.1) is 5.69 Å². The zero-order valence-electron chi connectivity index (χ0n) is 8.32. The van der Waals surface area contributed by atoms with Crippen LogP contribution in [-0.4, -0.2) is 19.6 Å². The molecule has 2 aromatic rings. The highest BCUT2D eigenvalue weighted by atomic mass is 32.1. The summed E-state index contributed by atoms with van der Waals surface area (Å²) in [7, 11) is 0. The zero-order chi connectivity index (χ0) is 11.5. The van der Waals surface area contributed by atoms with Gasteiger partial charge in [-0.25, -0.2) is 4.98 Å². The van der Waals surface area contributed by atoms with Gasteiger partial charge < -0.3 is 10.2 Å². The number of phenols is 2. The van der Waals surface area contributed by atoms with Gasteiger partial charge in [0.25, 0.3) is 0 Å². The molecule has 0 spiro atoms. The van der Waals surface area contributed by atoms with Gasteiger partial charge in [0.1, 0.15) is 5.82 Å². The lowest BCUT2D eigenvalue weighted by molar-refractivity contribution is 0.404. The van der Waals surface area contributed by atoms with Crippen molar-refractivity contribution in [3.8, 4) is 11.5 Å². The first-order valence-corrected chi connectivity index (χ1v) is 5.16. The predicted molar refractivity (Wildman–Crippen MR) is 58.6 cm³/mol. The van der Waals surface area contributed by atoms with Gasteiger partial charge in [0, 0.05) is 17.6 Å². The maximum atomic E-state index is 9.22. The molecule has 0 fully saturated rings. The Morgan fingerprint density at radius 1 is 1.19 bits per heavy atom. The van der Waals surface area contributed by atoms with Crippen molar-refractivity contribution in [2.75, 3.05) is 0 Å². The van der Waals surface area contributed by atoms with Crippen molar-refractivity contribution in [1.29, 1.82) is 0 Å². The van der Waals surface area contributed by atoms with Crippen molar-refractivity contribution in [1.82, 2.24) is 9.36 Å². The fraction of sp³-hybridized carbons (Fsp3) is 0.111. The topological polar surface area (TPSA) is 91.0 Å². The predicted octanol–water partition coefficient (Wildman–Crippen LogP) is 2.67. The Labute approximate surface area is 95.1 Å². The Kier molecular flexibility index (Phi) is 2.78. The highest BCUT2D eigenvalue weighted by Gasteiger charge is 2.00. The summed E-state index contributed by atoms with van der Waals surface area (Å²) in [6.45, 7) is 1.77. The fourth-order valence-corrected chi connectivity index (χ4v) is 1.51. The van der Waals surface area contributed by atoms with Gasteiger partial charge in [-0.1, -0.05) is 0 Å². The maximum absolute atomic E-state index is 9.22. The van der Waals surface area contributed by atoms with Crippen LogP contribution in [-0.2, 0) is 0 Å². The Hall–Kier alpha value is -2.02. The summed E-state index contributed by atoms with van der Waals surface area (Å²) in [5.41, 5.74) is 0.433. The molecule has 1 aromatic heterocycles. The van der Waals surface area contributed by atoms with Gasteiger partial charge in [-0.15, -0.1) is 10.2 Å². The molecule has 7 heteroatoms. The van der Waals surface area contributed by atoms with Crippen molar-refractivity contribution in [3.63, 3.8) is 0 Å². The number of phenolic OH excluding ortho intramolecular Hbond substituents is 2. The molecular weight excluding hydrogens is 228 g/mol. The Morgan fingerprint density at radius 3 is 2.62 bits per heavy atom. The van der Waals surface area contributed by atoms with E-state index in [1.54, 1.807) is 6.92 Å². The molecule has 0 amide bonds. The molecule has 6 nitrogen and oxygen atoms in total. The standard InChI is InChI=1S/C9H8N4O2S/c1-5-10-9(16-13-5)12-11-6-2-3-7(14)8(15)4-6/h2-4,14-15H,1H3. The SMILES string of the molecule is Cc1nsc(N=Nc2ccc(O)c(O)c2)n1. The number of rotatable bonds is 2. The highest BCUT2D eigenvalue weighted by molar-refractivity contribution is 7.09. The van der Waals surface area contributed by atoms with E-state index in [-0.39, 0.29) is 11.5 Å². The molecule has 82 valence electrons. The average molecular weight is 236 g/mol. The average Bonchev–Trinajstić information content (AvgIpc) is 2.66. The number of hydrogen-bond acceptors (Lipinski definition) is 7. The summed E-state index contributed by atoms with van der Waals surface area (Å²) < 4.78 is 3.95. The molecule has 2 rings (SSSR count). The van der Waals surface area contributed by atoms with Crippen LogP contribution in [0.25, 0.3) is 0 Å². The number of nitrogens with zero attached hydrogens (tertiary/aromatic N) is 4. The van der Waals surface area contributed by atoms with E-state index in [1.165, 1.54) is 18.2 Å². The molecule has 0 saturated heterocycles. The van der Waals surface area contributed by atoms with E-state index in [0.717, 1.165) is 11.5 Å². The summed E-state index contributed by atoms with van der Waals surface area (Å²) in [6, 6.07) is 4.19. The number of aryl methyl sites for hydroxylation is 1. The summed E-state index contributed by atoms with van der Waals surface area (Å²) in [6.07, 6.45) is 0. The van der Waals surface area contributed by atoms with Gasteiger partial charge in [-0.2, -0.15) is 4.37 Å². The van der Waals surface area contributed by atoms with Crippen LogP contribution in [0, 0.1) is 6.92 Å². The monoisotopic (exact) mass is 236 g/mol. The molecule has 2 N–H and O–H groups in total. The van der Waals surface area contributed by atoms with Crippen LogP contribution in [0.15, 0.2) is 28.4 Å². The molecule has 0 aliphatic rings. The van der Waals surface area contributed by atoms with Crippen LogP contribution >= 0.6 is 11.5 Å². The molecule has 0 unspecified atom stereocenters. The van der Waals surface area contributed by atoms with Gasteiger partial charge in [-0.05, 0) is 19.1 Å². The van der Waals surface area contributed by atoms with Crippen molar-refractivity contribution in [2.24, 2.45) is 10.2 Å². The summed E-state index contributed by atoms with van der Waals surface area (Å²) in [5.74, 6) is 0.225. The van der Waals surface area contributed by atoms with Gasteiger partial charge >= 0.3 is 0 Å². The van der Waals surface area contributed by atoms with Crippen molar-refractivity contribution in [3.05, 3.63) is 24.0 Å². The third-order valence-electron chi connectivity index (χ3n) is 1.73. The number of azo groups is 1. The van der Waals surface area contributed by atoms with Gasteiger partial charge in [0.2, 0.25) is 5.13 Å². The normalized spacial score (nSPS) is 11.1. The minimum Gasteiger partial charge on any atom is -0.504 e. The van der Waals surface area contributed by atoms with E-state index in [4.69, 9.17) is 5.11 Å². The molecule has 0 atom stereocenters. The summed E-state index contributed by atoms with van der Waals surface area (Å²) >= 11 is 1.14. The van der Waals surface area contributed by atoms with E-state index in [9.17, 15) is 5.11 Å². The molecule has 0 aliphatic heterocycles. The van der Waals surface area contributed by atoms with Crippen molar-refractivity contribution in [2.45, 2.75) is 6.92 Å². The quantitative estimate of drug-likeness (QED) is 0.619. The Balaban J connectivity index is 2.20. The van der Waals surface area contributed by atoms with E-state index in [0.29, 0.717) is 16.6 Å². The molecular formula is C9H8N4O2S. The molecule has 0 saturated carbocycles. The highest BCUT2D eigenvalue weighted by Crippen LogP contribution is 2.29. The second-order valence-electron chi connectivity index (χ2n) is 3.00. The molecule has 0 radical (unpaired) electrons. The van der Waals surface area contributed by atoms with Crippen molar-refractivity contribution >= 4 is 22.4 Å².